The molecule has 0 unspecified atom stereocenters. The molecule has 1 aromatic rings. The Bertz CT molecular complexity index is 497. The van der Waals surface area contributed by atoms with Gasteiger partial charge in [-0.25, -0.2) is 13.1 Å². The molecule has 0 amide bonds. The van der Waals surface area contributed by atoms with E-state index in [1.807, 2.05) is 0 Å². The van der Waals surface area contributed by atoms with Gasteiger partial charge in [0.05, 0.1) is 4.90 Å². The quantitative estimate of drug-likeness (QED) is 0.804. The third-order valence-electron chi connectivity index (χ3n) is 2.85. The zero-order chi connectivity index (χ0) is 11.6. The third kappa shape index (κ3) is 2.51. The number of pyridine rings is 1. The predicted molar refractivity (Wildman–Crippen MR) is 59.6 cm³/mol. The van der Waals surface area contributed by atoms with Crippen molar-refractivity contribution in [1.82, 2.24) is 9.71 Å². The van der Waals surface area contributed by atoms with Gasteiger partial charge >= 0.3 is 0 Å². The maximum atomic E-state index is 11.8. The van der Waals surface area contributed by atoms with Crippen LogP contribution in [-0.4, -0.2) is 19.9 Å². The summed E-state index contributed by atoms with van der Waals surface area (Å²) in [4.78, 5) is 13.2. The molecule has 0 spiro atoms. The van der Waals surface area contributed by atoms with Gasteiger partial charge in [0.15, 0.2) is 0 Å². The lowest BCUT2D eigenvalue weighted by atomic mass is 9.86. The molecule has 1 aliphatic carbocycles. The van der Waals surface area contributed by atoms with E-state index in [9.17, 15) is 13.2 Å². The van der Waals surface area contributed by atoms with Crippen LogP contribution >= 0.6 is 0 Å². The van der Waals surface area contributed by atoms with Gasteiger partial charge in [0, 0.05) is 18.8 Å². The predicted octanol–water partition coefficient (Wildman–Crippen LogP) is 0.453. The normalized spacial score (nSPS) is 17.0. The van der Waals surface area contributed by atoms with Crippen LogP contribution in [-0.2, 0) is 10.0 Å². The fourth-order valence-electron chi connectivity index (χ4n) is 1.57. The molecule has 88 valence electrons. The molecular weight excluding hydrogens is 228 g/mol. The van der Waals surface area contributed by atoms with Crippen LogP contribution in [0, 0.1) is 5.92 Å². The van der Waals surface area contributed by atoms with Crippen LogP contribution in [0.25, 0.3) is 0 Å². The van der Waals surface area contributed by atoms with Crippen LogP contribution in [0.15, 0.2) is 28.0 Å². The molecule has 0 radical (unpaired) electrons. The summed E-state index contributed by atoms with van der Waals surface area (Å²) in [6, 6.07) is 2.51. The average Bonchev–Trinajstić information content (AvgIpc) is 2.15. The van der Waals surface area contributed by atoms with Crippen LogP contribution < -0.4 is 10.3 Å². The number of rotatable bonds is 4. The Hall–Kier alpha value is -1.14. The first-order valence-electron chi connectivity index (χ1n) is 5.26. The highest BCUT2D eigenvalue weighted by molar-refractivity contribution is 7.89. The topological polar surface area (TPSA) is 79.0 Å². The molecular formula is C10H14N2O3S. The van der Waals surface area contributed by atoms with Gasteiger partial charge in [0.1, 0.15) is 0 Å². The third-order valence-corrected chi connectivity index (χ3v) is 4.27. The van der Waals surface area contributed by atoms with Gasteiger partial charge in [0.25, 0.3) is 0 Å². The van der Waals surface area contributed by atoms with Crippen molar-refractivity contribution in [2.45, 2.75) is 24.2 Å². The van der Waals surface area contributed by atoms with Crippen molar-refractivity contribution in [2.24, 2.45) is 5.92 Å². The highest BCUT2D eigenvalue weighted by Crippen LogP contribution is 2.25. The molecule has 1 saturated carbocycles. The van der Waals surface area contributed by atoms with Crippen molar-refractivity contribution >= 4 is 10.0 Å². The lowest BCUT2D eigenvalue weighted by molar-refractivity contribution is 0.316. The second kappa shape index (κ2) is 4.39. The Morgan fingerprint density at radius 1 is 1.38 bits per heavy atom. The van der Waals surface area contributed by atoms with Gasteiger partial charge in [-0.15, -0.1) is 0 Å². The molecule has 1 heterocycles. The smallest absolute Gasteiger partial charge is 0.247 e. The van der Waals surface area contributed by atoms with Gasteiger partial charge in [-0.05, 0) is 24.8 Å². The van der Waals surface area contributed by atoms with Crippen molar-refractivity contribution in [3.05, 3.63) is 28.7 Å². The van der Waals surface area contributed by atoms with Gasteiger partial charge in [-0.2, -0.15) is 0 Å². The first kappa shape index (κ1) is 11.3. The summed E-state index contributed by atoms with van der Waals surface area (Å²) in [5.74, 6) is 0.470. The number of hydrogen-bond acceptors (Lipinski definition) is 3. The zero-order valence-electron chi connectivity index (χ0n) is 8.77. The average molecular weight is 242 g/mol. The van der Waals surface area contributed by atoms with Crippen molar-refractivity contribution in [2.75, 3.05) is 6.54 Å². The Labute approximate surface area is 93.9 Å². The van der Waals surface area contributed by atoms with E-state index in [-0.39, 0.29) is 10.5 Å². The minimum Gasteiger partial charge on any atom is -0.328 e. The number of aromatic nitrogens is 1. The molecule has 16 heavy (non-hydrogen) atoms. The van der Waals surface area contributed by atoms with E-state index in [0.29, 0.717) is 12.5 Å². The maximum Gasteiger partial charge on any atom is 0.247 e. The summed E-state index contributed by atoms with van der Waals surface area (Å²) < 4.78 is 26.1. The molecule has 1 aliphatic rings. The molecule has 0 aromatic carbocycles. The lowest BCUT2D eigenvalue weighted by Gasteiger charge is -2.25. The Kier molecular flexibility index (Phi) is 3.11. The standard InChI is InChI=1S/C10H14N2O3S/c13-10-5-4-9(7-11-10)16(14,15)12-6-8-2-1-3-8/h4-5,7-8,12H,1-3,6H2,(H,11,13). The van der Waals surface area contributed by atoms with Crippen LogP contribution in [0.3, 0.4) is 0 Å². The molecule has 5 nitrogen and oxygen atoms in total. The fourth-order valence-corrected chi connectivity index (χ4v) is 2.65. The highest BCUT2D eigenvalue weighted by Gasteiger charge is 2.21. The summed E-state index contributed by atoms with van der Waals surface area (Å²) in [5, 5.41) is 0. The molecule has 0 bridgehead atoms. The van der Waals surface area contributed by atoms with Gasteiger partial charge in [0.2, 0.25) is 15.6 Å². The van der Waals surface area contributed by atoms with Crippen LogP contribution in [0.2, 0.25) is 0 Å². The van der Waals surface area contributed by atoms with Gasteiger partial charge < -0.3 is 4.98 Å². The lowest BCUT2D eigenvalue weighted by Crippen LogP contribution is -2.32. The van der Waals surface area contributed by atoms with E-state index in [1.54, 1.807) is 0 Å². The van der Waals surface area contributed by atoms with Gasteiger partial charge in [-0.1, -0.05) is 6.42 Å². The molecule has 6 heteroatoms. The first-order valence-corrected chi connectivity index (χ1v) is 6.75. The van der Waals surface area contributed by atoms with Crippen molar-refractivity contribution in [3.8, 4) is 0 Å². The van der Waals surface area contributed by atoms with E-state index in [2.05, 4.69) is 9.71 Å². The maximum absolute atomic E-state index is 11.8. The largest absolute Gasteiger partial charge is 0.328 e. The minimum absolute atomic E-state index is 0.103. The van der Waals surface area contributed by atoms with Crippen LogP contribution in [0.4, 0.5) is 0 Å². The zero-order valence-corrected chi connectivity index (χ0v) is 9.59. The van der Waals surface area contributed by atoms with E-state index < -0.39 is 10.0 Å². The van der Waals surface area contributed by atoms with E-state index in [4.69, 9.17) is 0 Å². The minimum atomic E-state index is -3.47. The van der Waals surface area contributed by atoms with E-state index >= 15 is 0 Å². The van der Waals surface area contributed by atoms with Crippen molar-refractivity contribution in [1.29, 1.82) is 0 Å². The van der Waals surface area contributed by atoms with E-state index in [0.717, 1.165) is 12.8 Å². The summed E-state index contributed by atoms with van der Waals surface area (Å²) in [7, 11) is -3.47. The Morgan fingerprint density at radius 3 is 2.62 bits per heavy atom. The van der Waals surface area contributed by atoms with Gasteiger partial charge in [-0.3, -0.25) is 4.79 Å². The van der Waals surface area contributed by atoms with Crippen molar-refractivity contribution in [3.63, 3.8) is 0 Å². The summed E-state index contributed by atoms with van der Waals surface area (Å²) in [5.41, 5.74) is -0.307. The molecule has 0 aliphatic heterocycles. The molecule has 0 saturated heterocycles. The van der Waals surface area contributed by atoms with Crippen LogP contribution in [0.1, 0.15) is 19.3 Å². The number of sulfonamides is 1. The molecule has 0 atom stereocenters. The number of H-pyrrole nitrogens is 1. The number of nitrogens with one attached hydrogen (secondary N) is 2. The Morgan fingerprint density at radius 2 is 2.12 bits per heavy atom. The SMILES string of the molecule is O=c1ccc(S(=O)(=O)NCC2CCC2)c[nH]1. The first-order chi connectivity index (χ1) is 7.58. The Balaban J connectivity index is 2.05. The second-order valence-electron chi connectivity index (χ2n) is 4.04. The summed E-state index contributed by atoms with van der Waals surface area (Å²) in [6.45, 7) is 0.488. The molecule has 1 aromatic heterocycles. The number of aromatic amines is 1. The number of hydrogen-bond donors (Lipinski definition) is 2. The summed E-state index contributed by atoms with van der Waals surface area (Å²) >= 11 is 0. The molecule has 2 N–H and O–H groups in total. The van der Waals surface area contributed by atoms with E-state index in [1.165, 1.54) is 24.8 Å². The van der Waals surface area contributed by atoms with Crippen LogP contribution in [0.5, 0.6) is 0 Å². The monoisotopic (exact) mass is 242 g/mol. The second-order valence-corrected chi connectivity index (χ2v) is 5.80. The summed E-state index contributed by atoms with van der Waals surface area (Å²) in [6.07, 6.45) is 4.58. The fraction of sp³-hybridized carbons (Fsp3) is 0.500. The molecule has 2 rings (SSSR count). The van der Waals surface area contributed by atoms with Crippen molar-refractivity contribution < 1.29 is 8.42 Å². The highest BCUT2D eigenvalue weighted by atomic mass is 32.2. The molecule has 1 fully saturated rings.